The number of carbonyl (C=O) groups is 1. The molecule has 0 saturated carbocycles. The number of hydrogen-bond donors (Lipinski definition) is 2. The molecule has 18 heavy (non-hydrogen) atoms. The van der Waals surface area contributed by atoms with Gasteiger partial charge in [0.25, 0.3) is 5.91 Å². The minimum absolute atomic E-state index is 0.119. The second-order valence-electron chi connectivity index (χ2n) is 4.34. The van der Waals surface area contributed by atoms with Crippen LogP contribution in [0, 0.1) is 5.82 Å². The molecule has 1 aliphatic carbocycles. The van der Waals surface area contributed by atoms with Gasteiger partial charge in [0.15, 0.2) is 0 Å². The molecule has 2 aromatic rings. The first-order valence-corrected chi connectivity index (χ1v) is 5.83. The average Bonchev–Trinajstić information content (AvgIpc) is 2.99. The number of carbonyl (C=O) groups excluding carboxylic acids is 1. The average molecular weight is 245 g/mol. The molecule has 1 heterocycles. The predicted molar refractivity (Wildman–Crippen MR) is 63.5 cm³/mol. The highest BCUT2D eigenvalue weighted by molar-refractivity contribution is 5.92. The third-order valence-corrected chi connectivity index (χ3v) is 3.26. The van der Waals surface area contributed by atoms with Gasteiger partial charge in [0.2, 0.25) is 0 Å². The number of hydrogen-bond acceptors (Lipinski definition) is 2. The van der Waals surface area contributed by atoms with Crippen LogP contribution < -0.4 is 5.32 Å². The molecule has 4 nitrogen and oxygen atoms in total. The van der Waals surface area contributed by atoms with E-state index in [0.717, 1.165) is 12.0 Å². The van der Waals surface area contributed by atoms with Crippen molar-refractivity contribution < 1.29 is 9.18 Å². The zero-order valence-corrected chi connectivity index (χ0v) is 9.61. The van der Waals surface area contributed by atoms with Crippen LogP contribution in [-0.2, 0) is 6.42 Å². The fourth-order valence-corrected chi connectivity index (χ4v) is 2.38. The van der Waals surface area contributed by atoms with Gasteiger partial charge in [-0.15, -0.1) is 0 Å². The van der Waals surface area contributed by atoms with E-state index in [9.17, 15) is 9.18 Å². The van der Waals surface area contributed by atoms with Crippen molar-refractivity contribution in [2.45, 2.75) is 18.9 Å². The lowest BCUT2D eigenvalue weighted by Crippen LogP contribution is -2.27. The van der Waals surface area contributed by atoms with E-state index in [1.165, 1.54) is 12.3 Å². The minimum Gasteiger partial charge on any atom is -0.344 e. The summed E-state index contributed by atoms with van der Waals surface area (Å²) >= 11 is 0. The number of benzene rings is 1. The fraction of sp³-hybridized carbons (Fsp3) is 0.231. The number of fused-ring (bicyclic) bond motifs is 1. The number of aromatic amines is 1. The van der Waals surface area contributed by atoms with Gasteiger partial charge in [-0.2, -0.15) is 5.10 Å². The van der Waals surface area contributed by atoms with Gasteiger partial charge in [0.1, 0.15) is 11.5 Å². The number of nitrogens with zero attached hydrogens (tertiary/aromatic N) is 1. The molecule has 0 bridgehead atoms. The van der Waals surface area contributed by atoms with Gasteiger partial charge in [-0.1, -0.05) is 12.1 Å². The molecule has 0 spiro atoms. The largest absolute Gasteiger partial charge is 0.344 e. The van der Waals surface area contributed by atoms with E-state index in [1.807, 2.05) is 6.07 Å². The summed E-state index contributed by atoms with van der Waals surface area (Å²) in [5, 5.41) is 9.23. The van der Waals surface area contributed by atoms with Crippen molar-refractivity contribution in [3.8, 4) is 0 Å². The summed E-state index contributed by atoms with van der Waals surface area (Å²) in [6.07, 6.45) is 2.92. The maximum atomic E-state index is 13.5. The first-order valence-electron chi connectivity index (χ1n) is 5.83. The zero-order valence-electron chi connectivity index (χ0n) is 9.61. The molecule has 1 aromatic carbocycles. The molecule has 0 aliphatic heterocycles. The molecule has 0 unspecified atom stereocenters. The van der Waals surface area contributed by atoms with Crippen molar-refractivity contribution in [1.82, 2.24) is 15.5 Å². The molecule has 3 rings (SSSR count). The van der Waals surface area contributed by atoms with Crippen LogP contribution >= 0.6 is 0 Å². The summed E-state index contributed by atoms with van der Waals surface area (Å²) in [7, 11) is 0. The van der Waals surface area contributed by atoms with Crippen molar-refractivity contribution in [2.24, 2.45) is 0 Å². The molecule has 1 amide bonds. The number of halogens is 1. The van der Waals surface area contributed by atoms with Gasteiger partial charge in [0.05, 0.1) is 6.04 Å². The second kappa shape index (κ2) is 4.25. The third-order valence-electron chi connectivity index (χ3n) is 3.26. The van der Waals surface area contributed by atoms with Crippen LogP contribution in [0.15, 0.2) is 30.5 Å². The van der Waals surface area contributed by atoms with Gasteiger partial charge in [-0.05, 0) is 36.1 Å². The van der Waals surface area contributed by atoms with E-state index in [2.05, 4.69) is 15.5 Å². The van der Waals surface area contributed by atoms with E-state index in [1.54, 1.807) is 12.1 Å². The van der Waals surface area contributed by atoms with Gasteiger partial charge < -0.3 is 5.32 Å². The molecule has 0 radical (unpaired) electrons. The number of aromatic nitrogens is 2. The van der Waals surface area contributed by atoms with Crippen LogP contribution in [-0.4, -0.2) is 16.1 Å². The quantitative estimate of drug-likeness (QED) is 0.849. The van der Waals surface area contributed by atoms with E-state index >= 15 is 0 Å². The first kappa shape index (κ1) is 11.0. The van der Waals surface area contributed by atoms with Crippen LogP contribution in [0.3, 0.4) is 0 Å². The molecular formula is C13H12FN3O. The summed E-state index contributed by atoms with van der Waals surface area (Å²) in [6.45, 7) is 0. The highest BCUT2D eigenvalue weighted by Gasteiger charge is 2.26. The molecule has 1 aliphatic rings. The molecule has 1 atom stereocenters. The normalized spacial score (nSPS) is 17.5. The number of nitrogens with one attached hydrogen (secondary N) is 2. The van der Waals surface area contributed by atoms with E-state index in [0.29, 0.717) is 17.7 Å². The highest BCUT2D eigenvalue weighted by atomic mass is 19.1. The maximum absolute atomic E-state index is 13.5. The molecular weight excluding hydrogens is 233 g/mol. The Labute approximate surface area is 103 Å². The molecule has 0 saturated heterocycles. The Bertz CT molecular complexity index is 580. The lowest BCUT2D eigenvalue weighted by Gasteiger charge is -2.13. The highest BCUT2D eigenvalue weighted by Crippen LogP contribution is 2.32. The van der Waals surface area contributed by atoms with Crippen molar-refractivity contribution in [3.63, 3.8) is 0 Å². The Morgan fingerprint density at radius 3 is 3.11 bits per heavy atom. The van der Waals surface area contributed by atoms with Crippen molar-refractivity contribution in [3.05, 3.63) is 53.1 Å². The van der Waals surface area contributed by atoms with Gasteiger partial charge in [-0.3, -0.25) is 9.89 Å². The molecule has 5 heteroatoms. The monoisotopic (exact) mass is 245 g/mol. The van der Waals surface area contributed by atoms with Crippen LogP contribution in [0.2, 0.25) is 0 Å². The molecule has 0 fully saturated rings. The van der Waals surface area contributed by atoms with Crippen molar-refractivity contribution in [2.75, 3.05) is 0 Å². The lowest BCUT2D eigenvalue weighted by molar-refractivity contribution is 0.0931. The Balaban J connectivity index is 1.81. The fourth-order valence-electron chi connectivity index (χ4n) is 2.38. The van der Waals surface area contributed by atoms with Gasteiger partial charge in [0, 0.05) is 6.20 Å². The Hall–Kier alpha value is -2.17. The van der Waals surface area contributed by atoms with Gasteiger partial charge >= 0.3 is 0 Å². The summed E-state index contributed by atoms with van der Waals surface area (Å²) in [6, 6.07) is 6.49. The molecule has 2 N–H and O–H groups in total. The van der Waals surface area contributed by atoms with Crippen molar-refractivity contribution in [1.29, 1.82) is 0 Å². The Morgan fingerprint density at radius 1 is 1.44 bits per heavy atom. The van der Waals surface area contributed by atoms with Crippen LogP contribution in [0.4, 0.5) is 4.39 Å². The smallest absolute Gasteiger partial charge is 0.269 e. The van der Waals surface area contributed by atoms with Crippen LogP contribution in [0.1, 0.15) is 34.1 Å². The number of H-pyrrole nitrogens is 1. The van der Waals surface area contributed by atoms with E-state index in [-0.39, 0.29) is 17.8 Å². The summed E-state index contributed by atoms with van der Waals surface area (Å²) < 4.78 is 13.5. The topological polar surface area (TPSA) is 57.8 Å². The summed E-state index contributed by atoms with van der Waals surface area (Å²) in [4.78, 5) is 11.9. The van der Waals surface area contributed by atoms with Crippen LogP contribution in [0.25, 0.3) is 0 Å². The molecule has 1 aromatic heterocycles. The Kier molecular flexibility index (Phi) is 2.59. The van der Waals surface area contributed by atoms with Gasteiger partial charge in [-0.25, -0.2) is 4.39 Å². The standard InChI is InChI=1S/C13H12FN3O/c14-10-3-1-2-9-8(10)4-5-11(9)16-13(18)12-6-7-15-17-12/h1-3,6-7,11H,4-5H2,(H,15,17)(H,16,18)/t11-/m1/s1. The van der Waals surface area contributed by atoms with E-state index in [4.69, 9.17) is 0 Å². The predicted octanol–water partition coefficient (Wildman–Crippen LogP) is 1.97. The number of amides is 1. The maximum Gasteiger partial charge on any atom is 0.269 e. The lowest BCUT2D eigenvalue weighted by atomic mass is 10.1. The summed E-state index contributed by atoms with van der Waals surface area (Å²) in [5.41, 5.74) is 2.01. The third kappa shape index (κ3) is 1.77. The second-order valence-corrected chi connectivity index (χ2v) is 4.34. The van der Waals surface area contributed by atoms with E-state index < -0.39 is 0 Å². The molecule has 92 valence electrons. The summed E-state index contributed by atoms with van der Waals surface area (Å²) in [5.74, 6) is -0.402. The van der Waals surface area contributed by atoms with Crippen molar-refractivity contribution >= 4 is 5.91 Å². The zero-order chi connectivity index (χ0) is 12.5. The van der Waals surface area contributed by atoms with Crippen LogP contribution in [0.5, 0.6) is 0 Å². The Morgan fingerprint density at radius 2 is 2.33 bits per heavy atom. The SMILES string of the molecule is O=C(N[C@@H]1CCc2c(F)cccc21)c1ccn[nH]1. The minimum atomic E-state index is -0.213. The number of rotatable bonds is 2. The first-order chi connectivity index (χ1) is 8.75.